The van der Waals surface area contributed by atoms with E-state index in [0.29, 0.717) is 24.3 Å². The third-order valence-corrected chi connectivity index (χ3v) is 2.64. The number of nitrogens with one attached hydrogen (secondary N) is 1. The minimum Gasteiger partial charge on any atom is -0.478 e. The zero-order valence-corrected chi connectivity index (χ0v) is 10.4. The Balaban J connectivity index is 2.77. The average Bonchev–Trinajstić information content (AvgIpc) is 2.35. The average molecular weight is 251 g/mol. The fourth-order valence-electron chi connectivity index (χ4n) is 1.55. The lowest BCUT2D eigenvalue weighted by molar-refractivity contribution is -0.120. The summed E-state index contributed by atoms with van der Waals surface area (Å²) < 4.78 is 0. The minimum atomic E-state index is -1.01. The van der Waals surface area contributed by atoms with Gasteiger partial charge < -0.3 is 21.1 Å². The standard InChI is InChI=1S/C12H17N3O3/c1-14-11(16)5-6-15(2)10-4-3-8(12(17)18)7-9(10)13/h3-4,7H,5-6,13H2,1-2H3,(H,14,16)(H,17,18). The molecule has 1 amide bonds. The maximum atomic E-state index is 11.1. The Morgan fingerprint density at radius 2 is 2.11 bits per heavy atom. The van der Waals surface area contributed by atoms with Crippen molar-refractivity contribution in [1.29, 1.82) is 0 Å². The predicted octanol–water partition coefficient (Wildman–Crippen LogP) is 0.539. The molecule has 0 saturated heterocycles. The second kappa shape index (κ2) is 5.90. The molecule has 6 nitrogen and oxygen atoms in total. The van der Waals surface area contributed by atoms with Gasteiger partial charge in [0, 0.05) is 27.1 Å². The molecule has 0 fully saturated rings. The van der Waals surface area contributed by atoms with Crippen molar-refractivity contribution in [3.63, 3.8) is 0 Å². The topological polar surface area (TPSA) is 95.7 Å². The molecule has 0 heterocycles. The number of carboxylic acids is 1. The quantitative estimate of drug-likeness (QED) is 0.664. The van der Waals surface area contributed by atoms with Crippen LogP contribution in [0.2, 0.25) is 0 Å². The van der Waals surface area contributed by atoms with Gasteiger partial charge in [0.1, 0.15) is 0 Å². The first-order valence-electron chi connectivity index (χ1n) is 5.50. The van der Waals surface area contributed by atoms with Gasteiger partial charge in [-0.15, -0.1) is 0 Å². The summed E-state index contributed by atoms with van der Waals surface area (Å²) in [6.07, 6.45) is 0.354. The van der Waals surface area contributed by atoms with Crippen LogP contribution in [0.4, 0.5) is 11.4 Å². The van der Waals surface area contributed by atoms with E-state index in [1.165, 1.54) is 12.1 Å². The molecule has 0 radical (unpaired) electrons. The molecule has 18 heavy (non-hydrogen) atoms. The fraction of sp³-hybridized carbons (Fsp3) is 0.333. The first-order chi connectivity index (χ1) is 8.45. The molecule has 0 aliphatic carbocycles. The van der Waals surface area contributed by atoms with Crippen molar-refractivity contribution >= 4 is 23.3 Å². The Kier molecular flexibility index (Phi) is 4.53. The Hall–Kier alpha value is -2.24. The molecular weight excluding hydrogens is 234 g/mol. The van der Waals surface area contributed by atoms with Crippen LogP contribution in [-0.4, -0.2) is 37.6 Å². The van der Waals surface area contributed by atoms with Crippen LogP contribution in [-0.2, 0) is 4.79 Å². The van der Waals surface area contributed by atoms with E-state index in [4.69, 9.17) is 10.8 Å². The van der Waals surface area contributed by atoms with E-state index >= 15 is 0 Å². The molecule has 0 bridgehead atoms. The highest BCUT2D eigenvalue weighted by molar-refractivity contribution is 5.90. The second-order valence-electron chi connectivity index (χ2n) is 3.92. The van der Waals surface area contributed by atoms with Gasteiger partial charge in [-0.1, -0.05) is 0 Å². The summed E-state index contributed by atoms with van der Waals surface area (Å²) >= 11 is 0. The molecular formula is C12H17N3O3. The number of hydrogen-bond acceptors (Lipinski definition) is 4. The van der Waals surface area contributed by atoms with E-state index in [-0.39, 0.29) is 11.5 Å². The van der Waals surface area contributed by atoms with E-state index in [1.807, 2.05) is 4.90 Å². The summed E-state index contributed by atoms with van der Waals surface area (Å²) in [5, 5.41) is 11.4. The summed E-state index contributed by atoms with van der Waals surface area (Å²) in [7, 11) is 3.38. The summed E-state index contributed by atoms with van der Waals surface area (Å²) in [6, 6.07) is 4.54. The lowest BCUT2D eigenvalue weighted by Gasteiger charge is -2.20. The van der Waals surface area contributed by atoms with Crippen molar-refractivity contribution in [2.45, 2.75) is 6.42 Å². The third-order valence-electron chi connectivity index (χ3n) is 2.64. The molecule has 0 unspecified atom stereocenters. The first kappa shape index (κ1) is 13.8. The van der Waals surface area contributed by atoms with E-state index in [9.17, 15) is 9.59 Å². The van der Waals surface area contributed by atoms with Crippen LogP contribution < -0.4 is 16.0 Å². The normalized spacial score (nSPS) is 9.89. The summed E-state index contributed by atoms with van der Waals surface area (Å²) in [5.41, 5.74) is 7.04. The number of rotatable bonds is 5. The molecule has 1 aromatic rings. The number of carbonyl (C=O) groups is 2. The Morgan fingerprint density at radius 3 is 2.61 bits per heavy atom. The summed E-state index contributed by atoms with van der Waals surface area (Å²) in [5.74, 6) is -1.07. The molecule has 4 N–H and O–H groups in total. The van der Waals surface area contributed by atoms with Gasteiger partial charge in [-0.25, -0.2) is 4.79 Å². The van der Waals surface area contributed by atoms with E-state index in [1.54, 1.807) is 20.2 Å². The molecule has 1 rings (SSSR count). The monoisotopic (exact) mass is 251 g/mol. The van der Waals surface area contributed by atoms with Gasteiger partial charge in [-0.2, -0.15) is 0 Å². The van der Waals surface area contributed by atoms with E-state index < -0.39 is 5.97 Å². The van der Waals surface area contributed by atoms with Crippen LogP contribution in [0.1, 0.15) is 16.8 Å². The van der Waals surface area contributed by atoms with Gasteiger partial charge in [-0.05, 0) is 18.2 Å². The Bertz CT molecular complexity index is 460. The summed E-state index contributed by atoms with van der Waals surface area (Å²) in [4.78, 5) is 23.7. The van der Waals surface area contributed by atoms with E-state index in [0.717, 1.165) is 0 Å². The molecule has 0 aliphatic rings. The number of carboxylic acid groups (broad SMARTS) is 1. The number of hydrogen-bond donors (Lipinski definition) is 3. The third kappa shape index (κ3) is 3.38. The molecule has 1 aromatic carbocycles. The highest BCUT2D eigenvalue weighted by atomic mass is 16.4. The molecule has 0 aliphatic heterocycles. The number of nitrogens with zero attached hydrogens (tertiary/aromatic N) is 1. The lowest BCUT2D eigenvalue weighted by Crippen LogP contribution is -2.26. The Labute approximate surface area is 105 Å². The van der Waals surface area contributed by atoms with Gasteiger partial charge >= 0.3 is 5.97 Å². The van der Waals surface area contributed by atoms with Gasteiger partial charge in [0.2, 0.25) is 5.91 Å². The van der Waals surface area contributed by atoms with Gasteiger partial charge in [0.25, 0.3) is 0 Å². The molecule has 98 valence electrons. The predicted molar refractivity (Wildman–Crippen MR) is 69.8 cm³/mol. The molecule has 6 heteroatoms. The van der Waals surface area contributed by atoms with Crippen LogP contribution in [0, 0.1) is 0 Å². The summed E-state index contributed by atoms with van der Waals surface area (Å²) in [6.45, 7) is 0.510. The largest absolute Gasteiger partial charge is 0.478 e. The zero-order chi connectivity index (χ0) is 13.7. The van der Waals surface area contributed by atoms with Crippen LogP contribution in [0.5, 0.6) is 0 Å². The van der Waals surface area contributed by atoms with Crippen LogP contribution in [0.3, 0.4) is 0 Å². The number of nitrogen functional groups attached to an aromatic ring is 1. The van der Waals surface area contributed by atoms with Crippen LogP contribution >= 0.6 is 0 Å². The van der Waals surface area contributed by atoms with Crippen LogP contribution in [0.25, 0.3) is 0 Å². The van der Waals surface area contributed by atoms with Crippen molar-refractivity contribution < 1.29 is 14.7 Å². The SMILES string of the molecule is CNC(=O)CCN(C)c1ccc(C(=O)O)cc1N. The van der Waals surface area contributed by atoms with Crippen molar-refractivity contribution in [3.8, 4) is 0 Å². The zero-order valence-electron chi connectivity index (χ0n) is 10.4. The number of aromatic carboxylic acids is 1. The smallest absolute Gasteiger partial charge is 0.335 e. The number of anilines is 2. The molecule has 0 aromatic heterocycles. The minimum absolute atomic E-state index is 0.0532. The highest BCUT2D eigenvalue weighted by Gasteiger charge is 2.10. The van der Waals surface area contributed by atoms with Crippen molar-refractivity contribution in [2.75, 3.05) is 31.3 Å². The van der Waals surface area contributed by atoms with Gasteiger partial charge in [0.05, 0.1) is 16.9 Å². The lowest BCUT2D eigenvalue weighted by atomic mass is 10.1. The van der Waals surface area contributed by atoms with Crippen molar-refractivity contribution in [1.82, 2.24) is 5.32 Å². The maximum Gasteiger partial charge on any atom is 0.335 e. The second-order valence-corrected chi connectivity index (χ2v) is 3.92. The number of amides is 1. The van der Waals surface area contributed by atoms with Crippen molar-refractivity contribution in [3.05, 3.63) is 23.8 Å². The fourth-order valence-corrected chi connectivity index (χ4v) is 1.55. The highest BCUT2D eigenvalue weighted by Crippen LogP contribution is 2.23. The van der Waals surface area contributed by atoms with Gasteiger partial charge in [-0.3, -0.25) is 4.79 Å². The Morgan fingerprint density at radius 1 is 1.44 bits per heavy atom. The first-order valence-corrected chi connectivity index (χ1v) is 5.50. The number of nitrogens with two attached hydrogens (primary N) is 1. The van der Waals surface area contributed by atoms with Gasteiger partial charge in [0.15, 0.2) is 0 Å². The number of benzene rings is 1. The molecule has 0 spiro atoms. The van der Waals surface area contributed by atoms with E-state index in [2.05, 4.69) is 5.32 Å². The van der Waals surface area contributed by atoms with Crippen molar-refractivity contribution in [2.24, 2.45) is 0 Å². The molecule has 0 saturated carbocycles. The maximum absolute atomic E-state index is 11.1. The van der Waals surface area contributed by atoms with Crippen LogP contribution in [0.15, 0.2) is 18.2 Å². The number of carbonyl (C=O) groups excluding carboxylic acids is 1. The molecule has 0 atom stereocenters.